The third-order valence-corrected chi connectivity index (χ3v) is 4.35. The summed E-state index contributed by atoms with van der Waals surface area (Å²) in [6.45, 7) is 0.712. The SMILES string of the molecule is COc1ccc(N(C(=O)Nc2ccc(Cl)cc2)C2=NCCC2)cc1Cl. The van der Waals surface area contributed by atoms with E-state index in [4.69, 9.17) is 27.9 Å². The molecule has 1 N–H and O–H groups in total. The molecule has 1 aliphatic rings. The Hall–Kier alpha value is -2.24. The molecule has 0 aliphatic carbocycles. The normalized spacial score (nSPS) is 13.3. The van der Waals surface area contributed by atoms with Gasteiger partial charge in [-0.05, 0) is 48.9 Å². The summed E-state index contributed by atoms with van der Waals surface area (Å²) in [7, 11) is 1.55. The van der Waals surface area contributed by atoms with Crippen molar-refractivity contribution in [1.82, 2.24) is 0 Å². The molecule has 0 bridgehead atoms. The molecule has 7 heteroatoms. The van der Waals surface area contributed by atoms with E-state index in [1.807, 2.05) is 0 Å². The van der Waals surface area contributed by atoms with Gasteiger partial charge in [0, 0.05) is 23.7 Å². The molecule has 0 saturated heterocycles. The molecule has 0 fully saturated rings. The van der Waals surface area contributed by atoms with E-state index in [1.54, 1.807) is 54.5 Å². The van der Waals surface area contributed by atoms with E-state index in [0.29, 0.717) is 39.5 Å². The van der Waals surface area contributed by atoms with E-state index >= 15 is 0 Å². The predicted octanol–water partition coefficient (Wildman–Crippen LogP) is 5.23. The molecule has 2 amide bonds. The molecular formula is C18H17Cl2N3O2. The number of amidine groups is 1. The summed E-state index contributed by atoms with van der Waals surface area (Å²) in [4.78, 5) is 18.9. The van der Waals surface area contributed by atoms with Gasteiger partial charge in [-0.25, -0.2) is 4.79 Å². The number of rotatable bonds is 3. The van der Waals surface area contributed by atoms with Crippen LogP contribution in [-0.2, 0) is 0 Å². The Morgan fingerprint density at radius 2 is 1.96 bits per heavy atom. The number of halogens is 2. The molecule has 2 aromatic rings. The van der Waals surface area contributed by atoms with Gasteiger partial charge in [-0.1, -0.05) is 23.2 Å². The maximum absolute atomic E-state index is 12.9. The molecule has 5 nitrogen and oxygen atoms in total. The van der Waals surface area contributed by atoms with E-state index in [2.05, 4.69) is 10.3 Å². The van der Waals surface area contributed by atoms with Crippen LogP contribution in [0.25, 0.3) is 0 Å². The molecule has 1 aliphatic heterocycles. The first kappa shape index (κ1) is 17.6. The molecule has 0 aromatic heterocycles. The molecule has 25 heavy (non-hydrogen) atoms. The first-order valence-electron chi connectivity index (χ1n) is 7.82. The average Bonchev–Trinajstić information content (AvgIpc) is 3.11. The van der Waals surface area contributed by atoms with Crippen LogP contribution in [0.1, 0.15) is 12.8 Å². The minimum absolute atomic E-state index is 0.302. The number of carbonyl (C=O) groups is 1. The second-order valence-corrected chi connectivity index (χ2v) is 6.34. The van der Waals surface area contributed by atoms with Crippen LogP contribution < -0.4 is 15.0 Å². The molecule has 1 heterocycles. The van der Waals surface area contributed by atoms with E-state index in [9.17, 15) is 4.79 Å². The van der Waals surface area contributed by atoms with Crippen molar-refractivity contribution in [2.45, 2.75) is 12.8 Å². The Kier molecular flexibility index (Phi) is 5.46. The summed E-state index contributed by atoms with van der Waals surface area (Å²) < 4.78 is 5.18. The number of urea groups is 1. The quantitative estimate of drug-likeness (QED) is 0.795. The lowest BCUT2D eigenvalue weighted by molar-refractivity contribution is 0.259. The highest BCUT2D eigenvalue weighted by Crippen LogP contribution is 2.31. The minimum Gasteiger partial charge on any atom is -0.495 e. The monoisotopic (exact) mass is 377 g/mol. The number of amides is 2. The van der Waals surface area contributed by atoms with Crippen LogP contribution in [0.2, 0.25) is 10.0 Å². The van der Waals surface area contributed by atoms with Crippen molar-refractivity contribution in [2.24, 2.45) is 4.99 Å². The maximum Gasteiger partial charge on any atom is 0.331 e. The van der Waals surface area contributed by atoms with Gasteiger partial charge in [0.2, 0.25) is 0 Å². The molecular weight excluding hydrogens is 361 g/mol. The van der Waals surface area contributed by atoms with Gasteiger partial charge < -0.3 is 10.1 Å². The van der Waals surface area contributed by atoms with Gasteiger partial charge in [0.1, 0.15) is 11.6 Å². The van der Waals surface area contributed by atoms with Crippen molar-refractivity contribution < 1.29 is 9.53 Å². The number of anilines is 2. The summed E-state index contributed by atoms with van der Waals surface area (Å²) in [5.74, 6) is 1.27. The highest BCUT2D eigenvalue weighted by atomic mass is 35.5. The van der Waals surface area contributed by atoms with E-state index < -0.39 is 0 Å². The largest absolute Gasteiger partial charge is 0.495 e. The molecule has 130 valence electrons. The summed E-state index contributed by atoms with van der Waals surface area (Å²) in [5.41, 5.74) is 1.29. The van der Waals surface area contributed by atoms with Gasteiger partial charge >= 0.3 is 6.03 Å². The summed E-state index contributed by atoms with van der Waals surface area (Å²) >= 11 is 12.1. The van der Waals surface area contributed by atoms with E-state index in [1.165, 1.54) is 0 Å². The molecule has 0 spiro atoms. The molecule has 2 aromatic carbocycles. The van der Waals surface area contributed by atoms with Gasteiger partial charge in [0.15, 0.2) is 0 Å². The highest BCUT2D eigenvalue weighted by molar-refractivity contribution is 6.33. The number of nitrogens with zero attached hydrogens (tertiary/aromatic N) is 2. The third kappa shape index (κ3) is 4.06. The van der Waals surface area contributed by atoms with Crippen molar-refractivity contribution >= 4 is 46.4 Å². The lowest BCUT2D eigenvalue weighted by Gasteiger charge is -2.23. The Labute approximate surface area is 156 Å². The molecule has 0 radical (unpaired) electrons. The standard InChI is InChI=1S/C18H17Cl2N3O2/c1-25-16-9-8-14(11-15(16)20)23(17-3-2-10-21-17)18(24)22-13-6-4-12(19)5-7-13/h4-9,11H,2-3,10H2,1H3,(H,22,24). The van der Waals surface area contributed by atoms with Gasteiger partial charge in [-0.3, -0.25) is 9.89 Å². The maximum atomic E-state index is 12.9. The van der Waals surface area contributed by atoms with Crippen molar-refractivity contribution in [3.05, 3.63) is 52.5 Å². The third-order valence-electron chi connectivity index (χ3n) is 3.80. The zero-order chi connectivity index (χ0) is 17.8. The van der Waals surface area contributed by atoms with Crippen LogP contribution in [0.15, 0.2) is 47.5 Å². The second kappa shape index (κ2) is 7.76. The number of carbonyl (C=O) groups excluding carboxylic acids is 1. The average molecular weight is 378 g/mol. The van der Waals surface area contributed by atoms with E-state index in [0.717, 1.165) is 12.8 Å². The zero-order valence-corrected chi connectivity index (χ0v) is 15.1. The van der Waals surface area contributed by atoms with E-state index in [-0.39, 0.29) is 6.03 Å². The Morgan fingerprint density at radius 3 is 2.56 bits per heavy atom. The van der Waals surface area contributed by atoms with Gasteiger partial charge in [-0.2, -0.15) is 0 Å². The molecule has 0 unspecified atom stereocenters. The van der Waals surface area contributed by atoms with Gasteiger partial charge in [0.05, 0.1) is 17.8 Å². The first-order valence-corrected chi connectivity index (χ1v) is 8.57. The summed E-state index contributed by atoms with van der Waals surface area (Å²) in [6, 6.07) is 11.8. The lowest BCUT2D eigenvalue weighted by Crippen LogP contribution is -2.39. The zero-order valence-electron chi connectivity index (χ0n) is 13.6. The fraction of sp³-hybridized carbons (Fsp3) is 0.222. The van der Waals surface area contributed by atoms with Crippen molar-refractivity contribution in [1.29, 1.82) is 0 Å². The van der Waals surface area contributed by atoms with Crippen molar-refractivity contribution in [3.8, 4) is 5.75 Å². The number of hydrogen-bond donors (Lipinski definition) is 1. The molecule has 0 saturated carbocycles. The Balaban J connectivity index is 1.90. The van der Waals surface area contributed by atoms with Crippen LogP contribution in [0, 0.1) is 0 Å². The lowest BCUT2D eigenvalue weighted by atomic mass is 10.2. The molecule has 3 rings (SSSR count). The number of hydrogen-bond acceptors (Lipinski definition) is 3. The predicted molar refractivity (Wildman–Crippen MR) is 102 cm³/mol. The van der Waals surface area contributed by atoms with Crippen LogP contribution in [0.5, 0.6) is 5.75 Å². The fourth-order valence-corrected chi connectivity index (χ4v) is 2.98. The van der Waals surface area contributed by atoms with Crippen molar-refractivity contribution in [3.63, 3.8) is 0 Å². The van der Waals surface area contributed by atoms with Crippen LogP contribution in [0.4, 0.5) is 16.2 Å². The Bertz CT molecular complexity index is 806. The number of ether oxygens (including phenoxy) is 1. The number of nitrogens with one attached hydrogen (secondary N) is 1. The minimum atomic E-state index is -0.302. The van der Waals surface area contributed by atoms with Crippen molar-refractivity contribution in [2.75, 3.05) is 23.9 Å². The number of aliphatic imine (C=N–C) groups is 1. The Morgan fingerprint density at radius 1 is 1.20 bits per heavy atom. The fourth-order valence-electron chi connectivity index (χ4n) is 2.60. The van der Waals surface area contributed by atoms with Gasteiger partial charge in [-0.15, -0.1) is 0 Å². The number of methoxy groups -OCH3 is 1. The number of benzene rings is 2. The van der Waals surface area contributed by atoms with Gasteiger partial charge in [0.25, 0.3) is 0 Å². The summed E-state index contributed by atoms with van der Waals surface area (Å²) in [6.07, 6.45) is 1.65. The topological polar surface area (TPSA) is 53.9 Å². The van der Waals surface area contributed by atoms with Crippen LogP contribution in [0.3, 0.4) is 0 Å². The van der Waals surface area contributed by atoms with Crippen LogP contribution >= 0.6 is 23.2 Å². The molecule has 0 atom stereocenters. The second-order valence-electron chi connectivity index (χ2n) is 5.49. The van der Waals surface area contributed by atoms with Crippen LogP contribution in [-0.4, -0.2) is 25.5 Å². The summed E-state index contributed by atoms with van der Waals surface area (Å²) in [5, 5.41) is 3.91. The highest BCUT2D eigenvalue weighted by Gasteiger charge is 2.24. The smallest absolute Gasteiger partial charge is 0.331 e. The first-order chi connectivity index (χ1) is 12.1.